The van der Waals surface area contributed by atoms with Crippen LogP contribution in [0.3, 0.4) is 0 Å². The van der Waals surface area contributed by atoms with Crippen LogP contribution in [0.2, 0.25) is 0 Å². The van der Waals surface area contributed by atoms with Crippen LogP contribution in [0.25, 0.3) is 10.9 Å². The van der Waals surface area contributed by atoms with Gasteiger partial charge in [-0.05, 0) is 38.8 Å². The highest BCUT2D eigenvalue weighted by molar-refractivity contribution is 6.08. The molecule has 0 amide bonds. The zero-order valence-electron chi connectivity index (χ0n) is 9.56. The molecule has 2 aromatic rings. The maximum Gasteiger partial charge on any atom is 0.162 e. The van der Waals surface area contributed by atoms with Gasteiger partial charge >= 0.3 is 0 Å². The second-order valence-electron chi connectivity index (χ2n) is 4.11. The molecule has 1 aromatic carbocycles. The van der Waals surface area contributed by atoms with E-state index in [-0.39, 0.29) is 5.78 Å². The van der Waals surface area contributed by atoms with E-state index in [4.69, 9.17) is 0 Å². The van der Waals surface area contributed by atoms with Gasteiger partial charge in [-0.3, -0.25) is 4.79 Å². The largest absolute Gasteiger partial charge is 0.358 e. The Kier molecular flexibility index (Phi) is 2.14. The summed E-state index contributed by atoms with van der Waals surface area (Å²) >= 11 is 0. The first-order valence-electron chi connectivity index (χ1n) is 5.11. The van der Waals surface area contributed by atoms with Crippen LogP contribution in [0.1, 0.15) is 34.1 Å². The van der Waals surface area contributed by atoms with E-state index >= 15 is 0 Å². The lowest BCUT2D eigenvalue weighted by molar-refractivity contribution is 0.101. The first kappa shape index (κ1) is 9.97. The maximum atomic E-state index is 11.5. The van der Waals surface area contributed by atoms with Gasteiger partial charge in [-0.15, -0.1) is 0 Å². The lowest BCUT2D eigenvalue weighted by atomic mass is 10.0. The molecule has 0 atom stereocenters. The summed E-state index contributed by atoms with van der Waals surface area (Å²) in [7, 11) is 0. The monoisotopic (exact) mass is 201 g/mol. The van der Waals surface area contributed by atoms with Gasteiger partial charge in [0, 0.05) is 22.2 Å². The Balaban J connectivity index is 2.91. The Labute approximate surface area is 89.3 Å². The van der Waals surface area contributed by atoms with Crippen LogP contribution in [-0.4, -0.2) is 10.8 Å². The van der Waals surface area contributed by atoms with Crippen molar-refractivity contribution in [3.63, 3.8) is 0 Å². The molecule has 78 valence electrons. The fraction of sp³-hybridized carbons (Fsp3) is 0.308. The summed E-state index contributed by atoms with van der Waals surface area (Å²) in [5.41, 5.74) is 5.36. The summed E-state index contributed by atoms with van der Waals surface area (Å²) in [5.74, 6) is 0.127. The molecule has 0 bridgehead atoms. The van der Waals surface area contributed by atoms with Gasteiger partial charge in [0.25, 0.3) is 0 Å². The highest BCUT2D eigenvalue weighted by Gasteiger charge is 2.13. The van der Waals surface area contributed by atoms with Gasteiger partial charge in [0.2, 0.25) is 0 Å². The van der Waals surface area contributed by atoms with Crippen molar-refractivity contribution < 1.29 is 4.79 Å². The van der Waals surface area contributed by atoms with Crippen LogP contribution in [0.15, 0.2) is 12.1 Å². The van der Waals surface area contributed by atoms with E-state index in [1.54, 1.807) is 6.92 Å². The van der Waals surface area contributed by atoms with Gasteiger partial charge in [0.1, 0.15) is 0 Å². The van der Waals surface area contributed by atoms with E-state index in [1.807, 2.05) is 13.0 Å². The molecule has 0 aliphatic heterocycles. The highest BCUT2D eigenvalue weighted by Crippen LogP contribution is 2.26. The SMILES string of the molecule is CC(=O)c1c(C)[nH]c2c(C)c(C)ccc12. The van der Waals surface area contributed by atoms with E-state index in [0.29, 0.717) is 0 Å². The number of hydrogen-bond acceptors (Lipinski definition) is 1. The lowest BCUT2D eigenvalue weighted by Gasteiger charge is -2.01. The molecule has 1 heterocycles. The summed E-state index contributed by atoms with van der Waals surface area (Å²) in [4.78, 5) is 14.8. The summed E-state index contributed by atoms with van der Waals surface area (Å²) in [6.07, 6.45) is 0. The minimum atomic E-state index is 0.127. The molecule has 0 fully saturated rings. The first-order chi connectivity index (χ1) is 7.02. The Hall–Kier alpha value is -1.57. The van der Waals surface area contributed by atoms with Crippen LogP contribution >= 0.6 is 0 Å². The van der Waals surface area contributed by atoms with Crippen molar-refractivity contribution in [2.24, 2.45) is 0 Å². The number of nitrogens with one attached hydrogen (secondary N) is 1. The number of aryl methyl sites for hydroxylation is 3. The minimum Gasteiger partial charge on any atom is -0.358 e. The summed E-state index contributed by atoms with van der Waals surface area (Å²) in [6.45, 7) is 7.73. The molecule has 0 aliphatic rings. The highest BCUT2D eigenvalue weighted by atomic mass is 16.1. The number of H-pyrrole nitrogens is 1. The second kappa shape index (κ2) is 3.23. The van der Waals surface area contributed by atoms with Crippen LogP contribution in [0.5, 0.6) is 0 Å². The first-order valence-corrected chi connectivity index (χ1v) is 5.11. The Bertz CT molecular complexity index is 549. The quantitative estimate of drug-likeness (QED) is 0.705. The average Bonchev–Trinajstić information content (AvgIpc) is 2.49. The predicted octanol–water partition coefficient (Wildman–Crippen LogP) is 3.30. The standard InChI is InChI=1S/C13H15NO/c1-7-5-6-11-12(10(4)15)9(3)14-13(11)8(7)2/h5-6,14H,1-4H3. The number of hydrogen-bond donors (Lipinski definition) is 1. The fourth-order valence-electron chi connectivity index (χ4n) is 2.09. The van der Waals surface area contributed by atoms with Crippen LogP contribution < -0.4 is 0 Å². The third kappa shape index (κ3) is 1.37. The van der Waals surface area contributed by atoms with E-state index in [2.05, 4.69) is 24.9 Å². The van der Waals surface area contributed by atoms with Gasteiger partial charge in [-0.1, -0.05) is 12.1 Å². The van der Waals surface area contributed by atoms with Crippen molar-refractivity contribution in [2.45, 2.75) is 27.7 Å². The predicted molar refractivity (Wildman–Crippen MR) is 62.5 cm³/mol. The van der Waals surface area contributed by atoms with Gasteiger partial charge in [0.05, 0.1) is 0 Å². The summed E-state index contributed by atoms with van der Waals surface area (Å²) < 4.78 is 0. The Morgan fingerprint density at radius 1 is 1.20 bits per heavy atom. The van der Waals surface area contributed by atoms with Gasteiger partial charge in [0.15, 0.2) is 5.78 Å². The molecule has 1 aromatic heterocycles. The van der Waals surface area contributed by atoms with Crippen molar-refractivity contribution in [1.82, 2.24) is 4.98 Å². The molecular weight excluding hydrogens is 186 g/mol. The topological polar surface area (TPSA) is 32.9 Å². The third-order valence-electron chi connectivity index (χ3n) is 3.04. The van der Waals surface area contributed by atoms with Crippen LogP contribution in [-0.2, 0) is 0 Å². The number of carbonyl (C=O) groups excluding carboxylic acids is 1. The molecule has 2 heteroatoms. The molecule has 15 heavy (non-hydrogen) atoms. The molecule has 0 saturated carbocycles. The molecule has 0 saturated heterocycles. The normalized spacial score (nSPS) is 10.9. The molecular formula is C13H15NO. The van der Waals surface area contributed by atoms with E-state index in [0.717, 1.165) is 22.2 Å². The molecule has 0 aliphatic carbocycles. The Morgan fingerprint density at radius 2 is 1.87 bits per heavy atom. The molecule has 2 nitrogen and oxygen atoms in total. The van der Waals surface area contributed by atoms with E-state index < -0.39 is 0 Å². The summed E-state index contributed by atoms with van der Waals surface area (Å²) in [6, 6.07) is 4.09. The number of aromatic nitrogens is 1. The number of Topliss-reactive ketones (excluding diaryl/α,β-unsaturated/α-hetero) is 1. The van der Waals surface area contributed by atoms with Crippen molar-refractivity contribution in [3.8, 4) is 0 Å². The average molecular weight is 201 g/mol. The Morgan fingerprint density at radius 3 is 2.47 bits per heavy atom. The number of aromatic amines is 1. The maximum absolute atomic E-state index is 11.5. The van der Waals surface area contributed by atoms with Gasteiger partial charge in [-0.2, -0.15) is 0 Å². The lowest BCUT2D eigenvalue weighted by Crippen LogP contribution is -1.92. The second-order valence-corrected chi connectivity index (χ2v) is 4.11. The number of rotatable bonds is 1. The van der Waals surface area contributed by atoms with Crippen molar-refractivity contribution in [2.75, 3.05) is 0 Å². The van der Waals surface area contributed by atoms with Gasteiger partial charge < -0.3 is 4.98 Å². The number of fused-ring (bicyclic) bond motifs is 1. The van der Waals surface area contributed by atoms with Gasteiger partial charge in [-0.25, -0.2) is 0 Å². The minimum absolute atomic E-state index is 0.127. The van der Waals surface area contributed by atoms with Crippen molar-refractivity contribution in [1.29, 1.82) is 0 Å². The third-order valence-corrected chi connectivity index (χ3v) is 3.04. The molecule has 2 rings (SSSR count). The van der Waals surface area contributed by atoms with E-state index in [9.17, 15) is 4.79 Å². The molecule has 0 spiro atoms. The molecule has 0 radical (unpaired) electrons. The van der Waals surface area contributed by atoms with E-state index in [1.165, 1.54) is 11.1 Å². The zero-order valence-corrected chi connectivity index (χ0v) is 9.56. The smallest absolute Gasteiger partial charge is 0.162 e. The fourth-order valence-corrected chi connectivity index (χ4v) is 2.09. The van der Waals surface area contributed by atoms with Crippen molar-refractivity contribution >= 4 is 16.7 Å². The number of benzene rings is 1. The van der Waals surface area contributed by atoms with Crippen LogP contribution in [0.4, 0.5) is 0 Å². The zero-order chi connectivity index (χ0) is 11.2. The molecule has 1 N–H and O–H groups in total. The van der Waals surface area contributed by atoms with Crippen LogP contribution in [0, 0.1) is 20.8 Å². The number of carbonyl (C=O) groups is 1. The number of ketones is 1. The van der Waals surface area contributed by atoms with Crippen molar-refractivity contribution in [3.05, 3.63) is 34.5 Å². The summed E-state index contributed by atoms with van der Waals surface area (Å²) in [5, 5.41) is 1.04. The molecule has 0 unspecified atom stereocenters.